The lowest BCUT2D eigenvalue weighted by molar-refractivity contribution is -0.384. The van der Waals surface area contributed by atoms with Crippen molar-refractivity contribution in [2.75, 3.05) is 5.32 Å². The fourth-order valence-corrected chi connectivity index (χ4v) is 2.15. The predicted octanol–water partition coefficient (Wildman–Crippen LogP) is 3.01. The van der Waals surface area contributed by atoms with Crippen LogP contribution in [0, 0.1) is 10.1 Å². The van der Waals surface area contributed by atoms with Gasteiger partial charge in [0.05, 0.1) is 11.1 Å². The Kier molecular flexibility index (Phi) is 6.07. The molecule has 0 unspecified atom stereocenters. The fraction of sp³-hybridized carbons (Fsp3) is 0.125. The van der Waals surface area contributed by atoms with Gasteiger partial charge in [-0.1, -0.05) is 15.9 Å². The number of non-ortho nitro benzene ring substituents is 1. The first-order chi connectivity index (χ1) is 11.9. The Balaban J connectivity index is 1.96. The number of benzene rings is 2. The quantitative estimate of drug-likeness (QED) is 0.387. The van der Waals surface area contributed by atoms with Crippen LogP contribution in [0.1, 0.15) is 12.5 Å². The monoisotopic (exact) mass is 406 g/mol. The summed E-state index contributed by atoms with van der Waals surface area (Å²) in [5.41, 5.74) is 3.03. The van der Waals surface area contributed by atoms with Crippen molar-refractivity contribution in [2.24, 2.45) is 5.10 Å². The molecule has 9 heteroatoms. The number of nitrogens with one attached hydrogen (secondary N) is 2. The molecule has 0 fully saturated rings. The van der Waals surface area contributed by atoms with Gasteiger partial charge in [-0.05, 0) is 37.3 Å². The molecule has 0 radical (unpaired) electrons. The zero-order valence-electron chi connectivity index (χ0n) is 13.1. The van der Waals surface area contributed by atoms with Gasteiger partial charge in [0.15, 0.2) is 0 Å². The van der Waals surface area contributed by atoms with Crippen LogP contribution in [0.3, 0.4) is 0 Å². The van der Waals surface area contributed by atoms with E-state index in [2.05, 4.69) is 31.8 Å². The summed E-state index contributed by atoms with van der Waals surface area (Å²) in [7, 11) is 0. The Morgan fingerprint density at radius 3 is 2.64 bits per heavy atom. The van der Waals surface area contributed by atoms with E-state index in [0.29, 0.717) is 0 Å². The van der Waals surface area contributed by atoms with E-state index in [9.17, 15) is 20.0 Å². The molecule has 0 saturated carbocycles. The van der Waals surface area contributed by atoms with Gasteiger partial charge in [0.25, 0.3) is 11.6 Å². The highest BCUT2D eigenvalue weighted by Gasteiger charge is 2.12. The number of nitro groups is 1. The molecule has 0 aliphatic carbocycles. The minimum atomic E-state index is -0.584. The third kappa shape index (κ3) is 5.28. The number of hydrazone groups is 1. The maximum Gasteiger partial charge on any atom is 0.270 e. The second-order valence-electron chi connectivity index (χ2n) is 5.11. The summed E-state index contributed by atoms with van der Waals surface area (Å²) in [5, 5.41) is 27.1. The van der Waals surface area contributed by atoms with Gasteiger partial charge < -0.3 is 10.4 Å². The van der Waals surface area contributed by atoms with E-state index in [1.807, 2.05) is 24.3 Å². The van der Waals surface area contributed by atoms with Crippen LogP contribution in [0.5, 0.6) is 5.75 Å². The number of nitro benzene ring substituents is 1. The van der Waals surface area contributed by atoms with Crippen molar-refractivity contribution >= 4 is 39.4 Å². The molecule has 130 valence electrons. The van der Waals surface area contributed by atoms with Crippen LogP contribution >= 0.6 is 15.9 Å². The van der Waals surface area contributed by atoms with Crippen molar-refractivity contribution < 1.29 is 14.8 Å². The Morgan fingerprint density at radius 1 is 1.32 bits per heavy atom. The van der Waals surface area contributed by atoms with Crippen LogP contribution in [-0.4, -0.2) is 28.2 Å². The van der Waals surface area contributed by atoms with Gasteiger partial charge >= 0.3 is 0 Å². The highest BCUT2D eigenvalue weighted by atomic mass is 79.9. The zero-order chi connectivity index (χ0) is 18.4. The van der Waals surface area contributed by atoms with Gasteiger partial charge in [-0.15, -0.1) is 0 Å². The lowest BCUT2D eigenvalue weighted by Crippen LogP contribution is -2.34. The molecular weight excluding hydrogens is 392 g/mol. The number of carbonyl (C=O) groups excluding carboxylic acids is 1. The van der Waals surface area contributed by atoms with Crippen molar-refractivity contribution in [3.05, 3.63) is 62.6 Å². The summed E-state index contributed by atoms with van der Waals surface area (Å²) in [4.78, 5) is 22.1. The van der Waals surface area contributed by atoms with Crippen LogP contribution in [-0.2, 0) is 4.79 Å². The third-order valence-electron chi connectivity index (χ3n) is 3.22. The number of hydrogen-bond donors (Lipinski definition) is 3. The molecule has 0 bridgehead atoms. The fourth-order valence-electron chi connectivity index (χ4n) is 1.88. The summed E-state index contributed by atoms with van der Waals surface area (Å²) in [6.45, 7) is 1.66. The molecule has 0 aromatic heterocycles. The SMILES string of the molecule is C[C@H](Nc1ccc(Br)cc1)C(=O)N/N=C/c1cc([N+](=O)[O-])ccc1O. The molecule has 1 atom stereocenters. The maximum absolute atomic E-state index is 12.0. The first-order valence-electron chi connectivity index (χ1n) is 7.19. The van der Waals surface area contributed by atoms with E-state index in [4.69, 9.17) is 0 Å². The molecule has 0 spiro atoms. The van der Waals surface area contributed by atoms with E-state index in [-0.39, 0.29) is 17.0 Å². The summed E-state index contributed by atoms with van der Waals surface area (Å²) in [5.74, 6) is -0.575. The second kappa shape index (κ2) is 8.25. The maximum atomic E-state index is 12.0. The lowest BCUT2D eigenvalue weighted by Gasteiger charge is -2.13. The van der Waals surface area contributed by atoms with E-state index in [1.165, 1.54) is 12.1 Å². The molecule has 2 aromatic rings. The number of rotatable bonds is 6. The first-order valence-corrected chi connectivity index (χ1v) is 7.98. The van der Waals surface area contributed by atoms with Crippen LogP contribution in [0.2, 0.25) is 0 Å². The summed E-state index contributed by atoms with van der Waals surface area (Å²) in [6, 6.07) is 10.3. The minimum Gasteiger partial charge on any atom is -0.507 e. The van der Waals surface area contributed by atoms with E-state index >= 15 is 0 Å². The summed E-state index contributed by atoms with van der Waals surface area (Å²) in [6.07, 6.45) is 1.15. The molecule has 1 amide bonds. The number of anilines is 1. The number of phenols is 1. The van der Waals surface area contributed by atoms with E-state index in [0.717, 1.165) is 22.4 Å². The molecule has 0 aliphatic rings. The molecular formula is C16H15BrN4O4. The van der Waals surface area contributed by atoms with E-state index in [1.54, 1.807) is 6.92 Å². The lowest BCUT2D eigenvalue weighted by atomic mass is 10.2. The first kappa shape index (κ1) is 18.4. The van der Waals surface area contributed by atoms with Gasteiger partial charge in [0.1, 0.15) is 11.8 Å². The summed E-state index contributed by atoms with van der Waals surface area (Å²) < 4.78 is 0.927. The molecule has 0 heterocycles. The molecule has 2 rings (SSSR count). The summed E-state index contributed by atoms with van der Waals surface area (Å²) >= 11 is 3.33. The topological polar surface area (TPSA) is 117 Å². The predicted molar refractivity (Wildman–Crippen MR) is 97.7 cm³/mol. The molecule has 8 nitrogen and oxygen atoms in total. The number of phenolic OH excluding ortho intramolecular Hbond substituents is 1. The number of hydrogen-bond acceptors (Lipinski definition) is 6. The Bertz CT molecular complexity index is 808. The molecule has 25 heavy (non-hydrogen) atoms. The average molecular weight is 407 g/mol. The number of aromatic hydroxyl groups is 1. The van der Waals surface area contributed by atoms with Crippen LogP contribution in [0.25, 0.3) is 0 Å². The molecule has 3 N–H and O–H groups in total. The van der Waals surface area contributed by atoms with Crippen molar-refractivity contribution in [2.45, 2.75) is 13.0 Å². The van der Waals surface area contributed by atoms with Gasteiger partial charge in [0, 0.05) is 27.9 Å². The van der Waals surface area contributed by atoms with Crippen molar-refractivity contribution in [1.29, 1.82) is 0 Å². The highest BCUT2D eigenvalue weighted by molar-refractivity contribution is 9.10. The van der Waals surface area contributed by atoms with Gasteiger partial charge in [-0.25, -0.2) is 5.43 Å². The number of halogens is 1. The van der Waals surface area contributed by atoms with Crippen LogP contribution in [0.4, 0.5) is 11.4 Å². The largest absolute Gasteiger partial charge is 0.507 e. The van der Waals surface area contributed by atoms with Gasteiger partial charge in [0.2, 0.25) is 0 Å². The van der Waals surface area contributed by atoms with E-state index < -0.39 is 16.9 Å². The Labute approximate surface area is 151 Å². The van der Waals surface area contributed by atoms with Crippen molar-refractivity contribution in [1.82, 2.24) is 5.43 Å². The van der Waals surface area contributed by atoms with Crippen molar-refractivity contribution in [3.63, 3.8) is 0 Å². The normalized spacial score (nSPS) is 11.9. The zero-order valence-corrected chi connectivity index (χ0v) is 14.7. The number of nitrogens with zero attached hydrogens (tertiary/aromatic N) is 2. The van der Waals surface area contributed by atoms with Crippen LogP contribution < -0.4 is 10.7 Å². The third-order valence-corrected chi connectivity index (χ3v) is 3.75. The second-order valence-corrected chi connectivity index (χ2v) is 6.02. The molecule has 2 aromatic carbocycles. The van der Waals surface area contributed by atoms with Gasteiger partial charge in [-0.3, -0.25) is 14.9 Å². The number of carbonyl (C=O) groups is 1. The Hall–Kier alpha value is -2.94. The van der Waals surface area contributed by atoms with Gasteiger partial charge in [-0.2, -0.15) is 5.10 Å². The smallest absolute Gasteiger partial charge is 0.270 e. The average Bonchev–Trinajstić information content (AvgIpc) is 2.58. The Morgan fingerprint density at radius 2 is 2.00 bits per heavy atom. The minimum absolute atomic E-state index is 0.128. The molecule has 0 saturated heterocycles. The van der Waals surface area contributed by atoms with Crippen molar-refractivity contribution in [3.8, 4) is 5.75 Å². The van der Waals surface area contributed by atoms with Crippen LogP contribution in [0.15, 0.2) is 52.0 Å². The molecule has 0 aliphatic heterocycles. The highest BCUT2D eigenvalue weighted by Crippen LogP contribution is 2.21. The number of amides is 1. The standard InChI is InChI=1S/C16H15BrN4O4/c1-10(19-13-4-2-12(17)3-5-13)16(23)20-18-9-11-8-14(21(24)25)6-7-15(11)22/h2-10,19,22H,1H3,(H,20,23)/b18-9+/t10-/m0/s1.